The molecule has 3 nitrogen and oxygen atoms in total. The second kappa shape index (κ2) is 9.53. The van der Waals surface area contributed by atoms with Gasteiger partial charge in [0.25, 0.3) is 0 Å². The Bertz CT molecular complexity index is 702. The van der Waals surface area contributed by atoms with Crippen LogP contribution in [0.2, 0.25) is 0 Å². The molecule has 2 saturated heterocycles. The predicted octanol–water partition coefficient (Wildman–Crippen LogP) is 3.90. The van der Waals surface area contributed by atoms with Crippen molar-refractivity contribution in [3.63, 3.8) is 0 Å². The highest BCUT2D eigenvalue weighted by Crippen LogP contribution is 2.22. The number of hydrogen-bond acceptors (Lipinski definition) is 3. The molecule has 0 aliphatic carbocycles. The van der Waals surface area contributed by atoms with E-state index in [9.17, 15) is 4.39 Å². The van der Waals surface area contributed by atoms with Gasteiger partial charge in [0.05, 0.1) is 0 Å². The molecule has 0 atom stereocenters. The first kappa shape index (κ1) is 19.4. The number of piperazine rings is 1. The molecule has 0 aromatic heterocycles. The molecule has 2 aliphatic heterocycles. The minimum Gasteiger partial charge on any atom is -0.369 e. The zero-order chi connectivity index (χ0) is 19.2. The number of hydrogen-bond donors (Lipinski definition) is 0. The van der Waals surface area contributed by atoms with Crippen molar-refractivity contribution in [3.05, 3.63) is 66.0 Å². The van der Waals surface area contributed by atoms with Crippen LogP contribution in [0.25, 0.3) is 0 Å². The number of anilines is 1. The Balaban J connectivity index is 1.14. The van der Waals surface area contributed by atoms with Gasteiger partial charge in [0.15, 0.2) is 0 Å². The number of nitrogens with zero attached hydrogens (tertiary/aromatic N) is 3. The van der Waals surface area contributed by atoms with E-state index < -0.39 is 0 Å². The quantitative estimate of drug-likeness (QED) is 0.751. The lowest BCUT2D eigenvalue weighted by Crippen LogP contribution is -2.49. The normalized spacial score (nSPS) is 19.8. The summed E-state index contributed by atoms with van der Waals surface area (Å²) in [6, 6.07) is 17.8. The van der Waals surface area contributed by atoms with Gasteiger partial charge in [-0.2, -0.15) is 0 Å². The van der Waals surface area contributed by atoms with Crippen LogP contribution >= 0.6 is 0 Å². The predicted molar refractivity (Wildman–Crippen MR) is 114 cm³/mol. The molecule has 2 heterocycles. The molecule has 2 aliphatic rings. The maximum Gasteiger partial charge on any atom is 0.123 e. The van der Waals surface area contributed by atoms with E-state index in [1.165, 1.54) is 51.0 Å². The Hall–Kier alpha value is -1.91. The number of piperidine rings is 1. The molecule has 4 heteroatoms. The summed E-state index contributed by atoms with van der Waals surface area (Å²) in [6.45, 7) is 9.11. The smallest absolute Gasteiger partial charge is 0.123 e. The van der Waals surface area contributed by atoms with Crippen LogP contribution < -0.4 is 4.90 Å². The highest BCUT2D eigenvalue weighted by molar-refractivity contribution is 5.46. The summed E-state index contributed by atoms with van der Waals surface area (Å²) in [5.41, 5.74) is 2.63. The maximum absolute atomic E-state index is 13.1. The SMILES string of the molecule is Fc1ccc(N2CCN(CCN3CCC(Cc4ccccc4)CC3)CC2)cc1. The van der Waals surface area contributed by atoms with E-state index in [-0.39, 0.29) is 5.82 Å². The van der Waals surface area contributed by atoms with Gasteiger partial charge in [-0.3, -0.25) is 4.90 Å². The fraction of sp³-hybridized carbons (Fsp3) is 0.500. The number of benzene rings is 2. The Morgan fingerprint density at radius 1 is 0.714 bits per heavy atom. The van der Waals surface area contributed by atoms with Crippen LogP contribution in [0, 0.1) is 11.7 Å². The van der Waals surface area contributed by atoms with Crippen molar-refractivity contribution in [2.45, 2.75) is 19.3 Å². The fourth-order valence-electron chi connectivity index (χ4n) is 4.53. The monoisotopic (exact) mass is 381 g/mol. The Morgan fingerprint density at radius 3 is 1.96 bits per heavy atom. The number of halogens is 1. The van der Waals surface area contributed by atoms with Crippen LogP contribution in [-0.4, -0.2) is 62.2 Å². The highest BCUT2D eigenvalue weighted by atomic mass is 19.1. The third-order valence-corrected chi connectivity index (χ3v) is 6.37. The van der Waals surface area contributed by atoms with Crippen molar-refractivity contribution in [3.8, 4) is 0 Å². The van der Waals surface area contributed by atoms with Crippen LogP contribution in [0.5, 0.6) is 0 Å². The Labute approximate surface area is 168 Å². The molecule has 28 heavy (non-hydrogen) atoms. The minimum absolute atomic E-state index is 0.157. The lowest BCUT2D eigenvalue weighted by Gasteiger charge is -2.38. The van der Waals surface area contributed by atoms with Crippen LogP contribution in [-0.2, 0) is 6.42 Å². The van der Waals surface area contributed by atoms with Gasteiger partial charge in [0, 0.05) is 45.0 Å². The van der Waals surface area contributed by atoms with Crippen molar-refractivity contribution in [1.29, 1.82) is 0 Å². The van der Waals surface area contributed by atoms with Crippen LogP contribution in [0.4, 0.5) is 10.1 Å². The van der Waals surface area contributed by atoms with Crippen LogP contribution in [0.3, 0.4) is 0 Å². The summed E-state index contributed by atoms with van der Waals surface area (Å²) in [7, 11) is 0. The molecule has 0 saturated carbocycles. The van der Waals surface area contributed by atoms with Gasteiger partial charge >= 0.3 is 0 Å². The average Bonchev–Trinajstić information content (AvgIpc) is 2.75. The third-order valence-electron chi connectivity index (χ3n) is 6.37. The maximum atomic E-state index is 13.1. The second-order valence-corrected chi connectivity index (χ2v) is 8.28. The molecule has 0 N–H and O–H groups in total. The molecule has 4 rings (SSSR count). The van der Waals surface area contributed by atoms with Crippen molar-refractivity contribution in [2.75, 3.05) is 57.3 Å². The molecule has 2 fully saturated rings. The number of rotatable bonds is 6. The minimum atomic E-state index is -0.157. The average molecular weight is 382 g/mol. The van der Waals surface area contributed by atoms with Gasteiger partial charge in [0.1, 0.15) is 5.82 Å². The van der Waals surface area contributed by atoms with Gasteiger partial charge in [-0.1, -0.05) is 30.3 Å². The van der Waals surface area contributed by atoms with Gasteiger partial charge in [-0.25, -0.2) is 4.39 Å². The van der Waals surface area contributed by atoms with E-state index in [2.05, 4.69) is 45.0 Å². The Kier molecular flexibility index (Phi) is 6.61. The summed E-state index contributed by atoms with van der Waals surface area (Å²) in [5.74, 6) is 0.688. The molecule has 150 valence electrons. The lowest BCUT2D eigenvalue weighted by molar-refractivity contribution is 0.152. The topological polar surface area (TPSA) is 9.72 Å². The zero-order valence-corrected chi connectivity index (χ0v) is 16.8. The standard InChI is InChI=1S/C24H32FN3/c25-23-6-8-24(9-7-23)28-18-16-27(17-19-28)15-14-26-12-10-22(11-13-26)20-21-4-2-1-3-5-21/h1-9,22H,10-20H2. The van der Waals surface area contributed by atoms with E-state index in [1.54, 1.807) is 12.1 Å². The first-order chi connectivity index (χ1) is 13.8. The molecule has 2 aromatic rings. The molecule has 0 spiro atoms. The van der Waals surface area contributed by atoms with E-state index in [1.807, 2.05) is 12.1 Å². The molecule has 2 aromatic carbocycles. The first-order valence-electron chi connectivity index (χ1n) is 10.8. The molecule has 0 radical (unpaired) electrons. The van der Waals surface area contributed by atoms with Gasteiger partial charge in [-0.15, -0.1) is 0 Å². The third kappa shape index (κ3) is 5.33. The van der Waals surface area contributed by atoms with E-state index >= 15 is 0 Å². The van der Waals surface area contributed by atoms with Crippen molar-refractivity contribution < 1.29 is 4.39 Å². The van der Waals surface area contributed by atoms with Crippen molar-refractivity contribution in [2.24, 2.45) is 5.92 Å². The van der Waals surface area contributed by atoms with Crippen LogP contribution in [0.15, 0.2) is 54.6 Å². The summed E-state index contributed by atoms with van der Waals surface area (Å²) in [6.07, 6.45) is 3.89. The number of likely N-dealkylation sites (tertiary alicyclic amines) is 1. The molecule has 0 bridgehead atoms. The van der Waals surface area contributed by atoms with E-state index in [0.29, 0.717) is 0 Å². The van der Waals surface area contributed by atoms with Crippen molar-refractivity contribution in [1.82, 2.24) is 9.80 Å². The zero-order valence-electron chi connectivity index (χ0n) is 16.8. The Morgan fingerprint density at radius 2 is 1.32 bits per heavy atom. The molecule has 0 amide bonds. The highest BCUT2D eigenvalue weighted by Gasteiger charge is 2.21. The summed E-state index contributed by atoms with van der Waals surface area (Å²) in [4.78, 5) is 7.59. The van der Waals surface area contributed by atoms with Gasteiger partial charge in [-0.05, 0) is 68.1 Å². The lowest BCUT2D eigenvalue weighted by atomic mass is 9.90. The fourth-order valence-corrected chi connectivity index (χ4v) is 4.53. The van der Waals surface area contributed by atoms with Crippen LogP contribution in [0.1, 0.15) is 18.4 Å². The van der Waals surface area contributed by atoms with Crippen molar-refractivity contribution >= 4 is 5.69 Å². The summed E-state index contributed by atoms with van der Waals surface area (Å²) in [5, 5.41) is 0. The molecular formula is C24H32FN3. The largest absolute Gasteiger partial charge is 0.369 e. The molecule has 0 unspecified atom stereocenters. The molecular weight excluding hydrogens is 349 g/mol. The second-order valence-electron chi connectivity index (χ2n) is 8.28. The van der Waals surface area contributed by atoms with Gasteiger partial charge < -0.3 is 9.80 Å². The van der Waals surface area contributed by atoms with E-state index in [0.717, 1.165) is 37.8 Å². The van der Waals surface area contributed by atoms with E-state index in [4.69, 9.17) is 0 Å². The first-order valence-corrected chi connectivity index (χ1v) is 10.8. The summed E-state index contributed by atoms with van der Waals surface area (Å²) >= 11 is 0. The summed E-state index contributed by atoms with van der Waals surface area (Å²) < 4.78 is 13.1. The van der Waals surface area contributed by atoms with Gasteiger partial charge in [0.2, 0.25) is 0 Å².